The largest absolute Gasteiger partial charge is 0.509 e. The zero-order chi connectivity index (χ0) is 14.0. The lowest BCUT2D eigenvalue weighted by Gasteiger charge is -2.27. The van der Waals surface area contributed by atoms with Gasteiger partial charge in [-0.3, -0.25) is 0 Å². The molecule has 1 aromatic carbocycles. The molecule has 0 unspecified atom stereocenters. The normalized spacial score (nSPS) is 24.3. The van der Waals surface area contributed by atoms with Crippen molar-refractivity contribution >= 4 is 12.4 Å². The molecule has 1 saturated carbocycles. The Labute approximate surface area is 110 Å². The second-order valence-electron chi connectivity index (χ2n) is 5.26. The Kier molecular flexibility index (Phi) is 4.06. The Hall–Kier alpha value is -1.20. The van der Waals surface area contributed by atoms with Crippen molar-refractivity contribution in [3.8, 4) is 5.75 Å². The molecule has 2 rings (SSSR count). The highest BCUT2D eigenvalue weighted by molar-refractivity contribution is 6.73. The van der Waals surface area contributed by atoms with Crippen LogP contribution in [0.4, 0.5) is 17.3 Å². The fourth-order valence-corrected chi connectivity index (χ4v) is 2.34. The number of ether oxygens (including phenoxy) is 1. The third-order valence-electron chi connectivity index (χ3n) is 3.59. The Bertz CT molecular complexity index is 439. The molecule has 0 atom stereocenters. The molecule has 19 heavy (non-hydrogen) atoms. The Morgan fingerprint density at radius 2 is 1.74 bits per heavy atom. The first-order chi connectivity index (χ1) is 8.86. The molecule has 0 bridgehead atoms. The summed E-state index contributed by atoms with van der Waals surface area (Å²) >= 11 is 0. The van der Waals surface area contributed by atoms with Gasteiger partial charge in [0.15, 0.2) is 11.6 Å². The lowest BCUT2D eigenvalue weighted by atomic mass is 9.80. The molecule has 0 heterocycles. The SMILES string of the molecule is CC1CCC(Oc2cc([B-](F)(F)F)ccc2F)CC1. The maximum Gasteiger partial charge on any atom is 0.509 e. The summed E-state index contributed by atoms with van der Waals surface area (Å²) in [5.74, 6) is -0.409. The van der Waals surface area contributed by atoms with Gasteiger partial charge in [0.1, 0.15) is 0 Å². The van der Waals surface area contributed by atoms with Crippen molar-refractivity contribution in [3.05, 3.63) is 24.0 Å². The molecule has 0 amide bonds. The van der Waals surface area contributed by atoms with E-state index in [9.17, 15) is 17.3 Å². The van der Waals surface area contributed by atoms with E-state index in [4.69, 9.17) is 4.74 Å². The van der Waals surface area contributed by atoms with Crippen molar-refractivity contribution in [1.29, 1.82) is 0 Å². The van der Waals surface area contributed by atoms with Crippen LogP contribution < -0.4 is 10.2 Å². The van der Waals surface area contributed by atoms with Gasteiger partial charge >= 0.3 is 6.98 Å². The van der Waals surface area contributed by atoms with Gasteiger partial charge < -0.3 is 17.7 Å². The molecule has 6 heteroatoms. The monoisotopic (exact) mass is 275 g/mol. The van der Waals surface area contributed by atoms with E-state index in [1.165, 1.54) is 0 Å². The third-order valence-corrected chi connectivity index (χ3v) is 3.59. The van der Waals surface area contributed by atoms with Gasteiger partial charge in [-0.15, -0.1) is 5.46 Å². The molecule has 1 aliphatic rings. The highest BCUT2D eigenvalue weighted by atomic mass is 19.4. The standard InChI is InChI=1S/C13H16BF4O/c1-9-2-5-11(6-3-9)19-13-8-10(14(16,17)18)4-7-12(13)15/h4,7-9,11H,2-3,5-6H2,1H3/q-1. The minimum atomic E-state index is -5.12. The first-order valence-corrected chi connectivity index (χ1v) is 6.52. The molecule has 1 nitrogen and oxygen atoms in total. The van der Waals surface area contributed by atoms with Gasteiger partial charge in [-0.2, -0.15) is 0 Å². The zero-order valence-electron chi connectivity index (χ0n) is 10.7. The topological polar surface area (TPSA) is 9.23 Å². The molecule has 0 radical (unpaired) electrons. The van der Waals surface area contributed by atoms with Crippen molar-refractivity contribution in [2.24, 2.45) is 5.92 Å². The van der Waals surface area contributed by atoms with Crippen molar-refractivity contribution in [2.45, 2.75) is 38.7 Å². The van der Waals surface area contributed by atoms with E-state index in [1.54, 1.807) is 0 Å². The average Bonchev–Trinajstić information content (AvgIpc) is 2.33. The first kappa shape index (κ1) is 14.2. The summed E-state index contributed by atoms with van der Waals surface area (Å²) in [6.07, 6.45) is 3.29. The van der Waals surface area contributed by atoms with Crippen molar-refractivity contribution in [2.75, 3.05) is 0 Å². The molecule has 0 spiro atoms. The average molecular weight is 275 g/mol. The van der Waals surface area contributed by atoms with Gasteiger partial charge in [-0.05, 0) is 43.7 Å². The minimum Gasteiger partial charge on any atom is -0.487 e. The van der Waals surface area contributed by atoms with Crippen LogP contribution in [-0.2, 0) is 0 Å². The van der Waals surface area contributed by atoms with E-state index in [0.717, 1.165) is 43.9 Å². The van der Waals surface area contributed by atoms with Crippen LogP contribution in [0.25, 0.3) is 0 Å². The van der Waals surface area contributed by atoms with E-state index < -0.39 is 18.3 Å². The number of rotatable bonds is 3. The third kappa shape index (κ3) is 3.64. The van der Waals surface area contributed by atoms with Crippen LogP contribution in [0.3, 0.4) is 0 Å². The molecular formula is C13H16BF4O-. The Morgan fingerprint density at radius 1 is 1.11 bits per heavy atom. The van der Waals surface area contributed by atoms with Gasteiger partial charge in [0.2, 0.25) is 0 Å². The van der Waals surface area contributed by atoms with Crippen molar-refractivity contribution < 1.29 is 22.1 Å². The lowest BCUT2D eigenvalue weighted by Crippen LogP contribution is -2.34. The summed E-state index contributed by atoms with van der Waals surface area (Å²) in [6, 6.07) is 2.35. The predicted molar refractivity (Wildman–Crippen MR) is 67.2 cm³/mol. The molecule has 0 N–H and O–H groups in total. The summed E-state index contributed by atoms with van der Waals surface area (Å²) in [6.45, 7) is -3.00. The summed E-state index contributed by atoms with van der Waals surface area (Å²) in [4.78, 5) is 0. The fourth-order valence-electron chi connectivity index (χ4n) is 2.34. The molecule has 106 valence electrons. The maximum absolute atomic E-state index is 13.5. The summed E-state index contributed by atoms with van der Waals surface area (Å²) in [7, 11) is 0. The minimum absolute atomic E-state index is 0.179. The highest BCUT2D eigenvalue weighted by Gasteiger charge is 2.27. The number of hydrogen-bond donors (Lipinski definition) is 0. The summed E-state index contributed by atoms with van der Waals surface area (Å²) < 4.78 is 56.8. The van der Waals surface area contributed by atoms with E-state index in [2.05, 4.69) is 6.92 Å². The van der Waals surface area contributed by atoms with Crippen LogP contribution in [0.2, 0.25) is 0 Å². The van der Waals surface area contributed by atoms with Gasteiger partial charge in [0.25, 0.3) is 0 Å². The molecule has 0 aromatic heterocycles. The van der Waals surface area contributed by atoms with Gasteiger partial charge in [0, 0.05) is 0 Å². The summed E-state index contributed by atoms with van der Waals surface area (Å²) in [5, 5.41) is 0. The van der Waals surface area contributed by atoms with E-state index >= 15 is 0 Å². The van der Waals surface area contributed by atoms with Crippen LogP contribution in [0.15, 0.2) is 18.2 Å². The molecule has 1 fully saturated rings. The van der Waals surface area contributed by atoms with Gasteiger partial charge in [-0.1, -0.05) is 13.0 Å². The van der Waals surface area contributed by atoms with Crippen LogP contribution in [0, 0.1) is 11.7 Å². The molecule has 0 aliphatic heterocycles. The fraction of sp³-hybridized carbons (Fsp3) is 0.538. The van der Waals surface area contributed by atoms with Crippen LogP contribution in [-0.4, -0.2) is 13.1 Å². The van der Waals surface area contributed by atoms with Crippen molar-refractivity contribution in [3.63, 3.8) is 0 Å². The maximum atomic E-state index is 13.5. The number of halogens is 4. The number of hydrogen-bond acceptors (Lipinski definition) is 1. The van der Waals surface area contributed by atoms with E-state index in [1.807, 2.05) is 0 Å². The zero-order valence-corrected chi connectivity index (χ0v) is 10.7. The second kappa shape index (κ2) is 5.43. The Morgan fingerprint density at radius 3 is 2.32 bits per heavy atom. The van der Waals surface area contributed by atoms with Crippen LogP contribution >= 0.6 is 0 Å². The molecule has 1 aliphatic carbocycles. The smallest absolute Gasteiger partial charge is 0.487 e. The second-order valence-corrected chi connectivity index (χ2v) is 5.26. The van der Waals surface area contributed by atoms with Crippen molar-refractivity contribution in [1.82, 2.24) is 0 Å². The van der Waals surface area contributed by atoms with Crippen LogP contribution in [0.5, 0.6) is 5.75 Å². The number of benzene rings is 1. The van der Waals surface area contributed by atoms with Gasteiger partial charge in [-0.25, -0.2) is 4.39 Å². The van der Waals surface area contributed by atoms with E-state index in [-0.39, 0.29) is 11.9 Å². The molecule has 1 aromatic rings. The summed E-state index contributed by atoms with van der Waals surface area (Å²) in [5.41, 5.74) is -0.819. The first-order valence-electron chi connectivity index (χ1n) is 6.52. The highest BCUT2D eigenvalue weighted by Crippen LogP contribution is 2.28. The predicted octanol–water partition coefficient (Wildman–Crippen LogP) is 3.84. The molecule has 0 saturated heterocycles. The molecular weight excluding hydrogens is 259 g/mol. The Balaban J connectivity index is 2.11. The lowest BCUT2D eigenvalue weighted by molar-refractivity contribution is 0.130. The quantitative estimate of drug-likeness (QED) is 0.601. The van der Waals surface area contributed by atoms with Crippen LogP contribution in [0.1, 0.15) is 32.6 Å². The van der Waals surface area contributed by atoms with E-state index in [0.29, 0.717) is 5.92 Å². The van der Waals surface area contributed by atoms with Gasteiger partial charge in [0.05, 0.1) is 6.10 Å².